The van der Waals surface area contributed by atoms with Crippen molar-refractivity contribution in [2.75, 3.05) is 13.7 Å². The van der Waals surface area contributed by atoms with E-state index in [-0.39, 0.29) is 5.60 Å². The van der Waals surface area contributed by atoms with E-state index in [1.807, 2.05) is 12.7 Å². The van der Waals surface area contributed by atoms with Gasteiger partial charge in [0.25, 0.3) is 0 Å². The molecular formula is C29H47NO2. The number of ether oxygens (including phenoxy) is 2. The summed E-state index contributed by atoms with van der Waals surface area (Å²) in [6, 6.07) is 0.569. The maximum atomic E-state index is 7.05. The molecule has 11 atom stereocenters. The van der Waals surface area contributed by atoms with Crippen molar-refractivity contribution in [2.24, 2.45) is 40.9 Å². The molecule has 0 radical (unpaired) electrons. The number of hydrogen-bond acceptors (Lipinski definition) is 3. The van der Waals surface area contributed by atoms with Crippen molar-refractivity contribution in [3.8, 4) is 0 Å². The molecule has 2 aliphatic heterocycles. The van der Waals surface area contributed by atoms with Crippen LogP contribution in [0, 0.1) is 40.9 Å². The fourth-order valence-electron chi connectivity index (χ4n) is 10.00. The third-order valence-corrected chi connectivity index (χ3v) is 11.9. The Hall–Kier alpha value is -0.380. The Balaban J connectivity index is 1.26. The number of methoxy groups -OCH3 is 1. The molecular weight excluding hydrogens is 394 g/mol. The first kappa shape index (κ1) is 22.1. The minimum atomic E-state index is 0.0843. The Morgan fingerprint density at radius 1 is 1.06 bits per heavy atom. The van der Waals surface area contributed by atoms with Crippen molar-refractivity contribution < 1.29 is 9.47 Å². The van der Waals surface area contributed by atoms with E-state index < -0.39 is 0 Å². The van der Waals surface area contributed by atoms with Crippen molar-refractivity contribution in [2.45, 2.75) is 116 Å². The van der Waals surface area contributed by atoms with Gasteiger partial charge >= 0.3 is 0 Å². The molecule has 0 amide bonds. The quantitative estimate of drug-likeness (QED) is 0.497. The molecule has 2 heterocycles. The molecule has 1 spiro atoms. The van der Waals surface area contributed by atoms with Crippen LogP contribution in [0.3, 0.4) is 0 Å². The van der Waals surface area contributed by atoms with Crippen LogP contribution in [0.1, 0.15) is 91.9 Å². The van der Waals surface area contributed by atoms with Gasteiger partial charge in [-0.25, -0.2) is 0 Å². The minimum absolute atomic E-state index is 0.0843. The lowest BCUT2D eigenvalue weighted by molar-refractivity contribution is -0.0841. The van der Waals surface area contributed by atoms with Gasteiger partial charge in [0.15, 0.2) is 0 Å². The van der Waals surface area contributed by atoms with Crippen molar-refractivity contribution in [1.29, 1.82) is 0 Å². The van der Waals surface area contributed by atoms with Gasteiger partial charge in [-0.2, -0.15) is 0 Å². The Morgan fingerprint density at radius 3 is 2.72 bits per heavy atom. The van der Waals surface area contributed by atoms with Crippen LogP contribution in [0.5, 0.6) is 0 Å². The van der Waals surface area contributed by atoms with Crippen LogP contribution in [-0.4, -0.2) is 37.5 Å². The summed E-state index contributed by atoms with van der Waals surface area (Å²) >= 11 is 0. The number of hydrogen-bond donors (Lipinski definition) is 1. The van der Waals surface area contributed by atoms with Gasteiger partial charge in [0.05, 0.1) is 17.8 Å². The molecule has 180 valence electrons. The first-order valence-electron chi connectivity index (χ1n) is 14.0. The average Bonchev–Trinajstić information content (AvgIpc) is 3.23. The summed E-state index contributed by atoms with van der Waals surface area (Å²) in [4.78, 5) is 0. The molecule has 0 aromatic rings. The first-order chi connectivity index (χ1) is 15.3. The first-order valence-corrected chi connectivity index (χ1v) is 14.0. The van der Waals surface area contributed by atoms with E-state index >= 15 is 0 Å². The summed E-state index contributed by atoms with van der Waals surface area (Å²) in [6.45, 7) is 11.2. The maximum Gasteiger partial charge on any atom is 0.0765 e. The van der Waals surface area contributed by atoms with Gasteiger partial charge < -0.3 is 14.8 Å². The molecule has 5 fully saturated rings. The molecule has 2 saturated heterocycles. The summed E-state index contributed by atoms with van der Waals surface area (Å²) < 4.78 is 12.9. The SMILES string of the molecule is CO[C@H]1CCC2(C)[C@H](CCC3[C@@H]4CC[C@@]5(CC(C)=C4C[C@@H]32)O[C@@H]2C[C@H](C)CN[C@H]2[C@H]5C)C1. The number of allylic oxidation sites excluding steroid dienone is 1. The Morgan fingerprint density at radius 2 is 1.91 bits per heavy atom. The normalized spacial score (nSPS) is 55.2. The number of fused-ring (bicyclic) bond motifs is 6. The van der Waals surface area contributed by atoms with E-state index in [4.69, 9.17) is 9.47 Å². The molecule has 0 aromatic carbocycles. The highest BCUT2D eigenvalue weighted by molar-refractivity contribution is 5.29. The van der Waals surface area contributed by atoms with Crippen LogP contribution in [0.4, 0.5) is 0 Å². The molecule has 0 bridgehead atoms. The largest absolute Gasteiger partial charge is 0.381 e. The summed E-state index contributed by atoms with van der Waals surface area (Å²) in [5.74, 6) is 4.92. The van der Waals surface area contributed by atoms with E-state index in [1.165, 1.54) is 70.8 Å². The standard InChI is InChI=1S/C29H47NO2/c1-17-12-26-27(30-16-17)19(3)29(32-26)11-9-22-23-7-6-20-13-21(31-5)8-10-28(20,4)25(23)14-24(22)18(2)15-29/h17,19-23,25-27,30H,6-16H2,1-5H3/t17-,19+,20+,21-,22-,23?,25-,26+,27-,28?,29-/m0/s1. The number of rotatable bonds is 1. The topological polar surface area (TPSA) is 30.5 Å². The monoisotopic (exact) mass is 441 g/mol. The summed E-state index contributed by atoms with van der Waals surface area (Å²) in [5, 5.41) is 3.88. The molecule has 0 aromatic heterocycles. The average molecular weight is 442 g/mol. The highest BCUT2D eigenvalue weighted by Crippen LogP contribution is 2.65. The lowest BCUT2D eigenvalue weighted by Crippen LogP contribution is -2.48. The second-order valence-electron chi connectivity index (χ2n) is 13.3. The minimum Gasteiger partial charge on any atom is -0.381 e. The van der Waals surface area contributed by atoms with Gasteiger partial charge in [0.2, 0.25) is 0 Å². The number of piperidine rings is 1. The molecule has 3 saturated carbocycles. The second kappa shape index (κ2) is 7.82. The van der Waals surface area contributed by atoms with Gasteiger partial charge in [-0.05, 0) is 113 Å². The Kier molecular flexibility index (Phi) is 5.40. The molecule has 3 heteroatoms. The predicted molar refractivity (Wildman–Crippen MR) is 129 cm³/mol. The van der Waals surface area contributed by atoms with Crippen LogP contribution in [0.15, 0.2) is 11.1 Å². The lowest BCUT2D eigenvalue weighted by atomic mass is 9.52. The van der Waals surface area contributed by atoms with Crippen molar-refractivity contribution in [3.05, 3.63) is 11.1 Å². The van der Waals surface area contributed by atoms with Gasteiger partial charge in [-0.3, -0.25) is 0 Å². The van der Waals surface area contributed by atoms with Gasteiger partial charge in [-0.1, -0.05) is 31.9 Å². The number of nitrogens with one attached hydrogen (secondary N) is 1. The zero-order valence-corrected chi connectivity index (χ0v) is 21.3. The Labute approximate surface area is 196 Å². The van der Waals surface area contributed by atoms with E-state index in [0.29, 0.717) is 29.6 Å². The third kappa shape index (κ3) is 3.16. The van der Waals surface area contributed by atoms with E-state index in [1.54, 1.807) is 5.57 Å². The zero-order chi connectivity index (χ0) is 22.3. The van der Waals surface area contributed by atoms with Crippen LogP contribution >= 0.6 is 0 Å². The molecule has 2 unspecified atom stereocenters. The fraction of sp³-hybridized carbons (Fsp3) is 0.931. The molecule has 32 heavy (non-hydrogen) atoms. The van der Waals surface area contributed by atoms with E-state index in [2.05, 4.69) is 33.0 Å². The predicted octanol–water partition coefficient (Wildman–Crippen LogP) is 6.13. The molecule has 4 aliphatic carbocycles. The van der Waals surface area contributed by atoms with Gasteiger partial charge in [0.1, 0.15) is 0 Å². The summed E-state index contributed by atoms with van der Waals surface area (Å²) in [6.07, 6.45) is 14.3. The van der Waals surface area contributed by atoms with Crippen LogP contribution in [0.2, 0.25) is 0 Å². The van der Waals surface area contributed by atoms with Crippen molar-refractivity contribution >= 4 is 0 Å². The van der Waals surface area contributed by atoms with Crippen molar-refractivity contribution in [3.63, 3.8) is 0 Å². The van der Waals surface area contributed by atoms with Crippen LogP contribution in [0.25, 0.3) is 0 Å². The highest BCUT2D eigenvalue weighted by atomic mass is 16.5. The summed E-state index contributed by atoms with van der Waals surface area (Å²) in [5.41, 5.74) is 4.22. The second-order valence-corrected chi connectivity index (χ2v) is 13.3. The molecule has 6 aliphatic rings. The highest BCUT2D eigenvalue weighted by Gasteiger charge is 2.59. The van der Waals surface area contributed by atoms with E-state index in [9.17, 15) is 0 Å². The van der Waals surface area contributed by atoms with Crippen LogP contribution in [-0.2, 0) is 9.47 Å². The Bertz CT molecular complexity index is 777. The molecule has 1 N–H and O–H groups in total. The fourth-order valence-corrected chi connectivity index (χ4v) is 10.00. The molecule has 3 nitrogen and oxygen atoms in total. The third-order valence-electron chi connectivity index (χ3n) is 11.9. The van der Waals surface area contributed by atoms with E-state index in [0.717, 1.165) is 29.6 Å². The van der Waals surface area contributed by atoms with Gasteiger partial charge in [-0.15, -0.1) is 0 Å². The zero-order valence-electron chi connectivity index (χ0n) is 21.3. The lowest BCUT2D eigenvalue weighted by Gasteiger charge is -2.54. The maximum absolute atomic E-state index is 7.05. The van der Waals surface area contributed by atoms with Crippen LogP contribution < -0.4 is 5.32 Å². The van der Waals surface area contributed by atoms with Crippen molar-refractivity contribution in [1.82, 2.24) is 5.32 Å². The van der Waals surface area contributed by atoms with Gasteiger partial charge in [0, 0.05) is 19.1 Å². The molecule has 6 rings (SSSR count). The smallest absolute Gasteiger partial charge is 0.0765 e. The summed E-state index contributed by atoms with van der Waals surface area (Å²) in [7, 11) is 1.93.